The average molecular weight is 470 g/mol. The molecular weight excluding hydrogens is 450 g/mol. The first-order valence-corrected chi connectivity index (χ1v) is 11.7. The van der Waals surface area contributed by atoms with Crippen molar-refractivity contribution in [1.82, 2.24) is 4.98 Å². The molecule has 0 atom stereocenters. The van der Waals surface area contributed by atoms with Crippen molar-refractivity contribution in [2.45, 2.75) is 11.9 Å². The zero-order valence-corrected chi connectivity index (χ0v) is 19.5. The highest BCUT2D eigenvalue weighted by Crippen LogP contribution is 2.34. The summed E-state index contributed by atoms with van der Waals surface area (Å²) in [6.45, 7) is 2.03. The van der Waals surface area contributed by atoms with E-state index in [1.165, 1.54) is 11.8 Å². The van der Waals surface area contributed by atoms with Gasteiger partial charge in [0.1, 0.15) is 11.1 Å². The Morgan fingerprint density at radius 3 is 2.36 bits per heavy atom. The number of aromatic nitrogens is 1. The van der Waals surface area contributed by atoms with Crippen LogP contribution < -0.4 is 5.32 Å². The lowest BCUT2D eigenvalue weighted by Crippen LogP contribution is -2.14. The number of pyridine rings is 1. The van der Waals surface area contributed by atoms with E-state index in [0.717, 1.165) is 27.9 Å². The zero-order chi connectivity index (χ0) is 23.2. The minimum atomic E-state index is -0.185. The predicted octanol–water partition coefficient (Wildman–Crippen LogP) is 6.98. The molecule has 3 aromatic carbocycles. The van der Waals surface area contributed by atoms with Crippen LogP contribution in [0.5, 0.6) is 0 Å². The Morgan fingerprint density at radius 2 is 1.70 bits per heavy atom. The molecule has 1 N–H and O–H groups in total. The molecule has 1 amide bonds. The van der Waals surface area contributed by atoms with Gasteiger partial charge in [0.15, 0.2) is 0 Å². The van der Waals surface area contributed by atoms with Gasteiger partial charge in [0.05, 0.1) is 17.0 Å². The van der Waals surface area contributed by atoms with Gasteiger partial charge in [-0.25, -0.2) is 4.98 Å². The monoisotopic (exact) mass is 469 g/mol. The molecule has 0 spiro atoms. The topological polar surface area (TPSA) is 65.8 Å². The summed E-state index contributed by atoms with van der Waals surface area (Å²) in [7, 11) is 0. The summed E-state index contributed by atoms with van der Waals surface area (Å²) in [4.78, 5) is 17.3. The number of anilines is 1. The highest BCUT2D eigenvalue weighted by molar-refractivity contribution is 8.00. The molecule has 0 saturated heterocycles. The maximum absolute atomic E-state index is 12.5. The largest absolute Gasteiger partial charge is 0.325 e. The highest BCUT2D eigenvalue weighted by atomic mass is 35.5. The maximum atomic E-state index is 12.5. The molecule has 162 valence electrons. The number of carbonyl (C=O) groups is 1. The van der Waals surface area contributed by atoms with Crippen molar-refractivity contribution in [2.24, 2.45) is 0 Å². The Labute approximate surface area is 202 Å². The summed E-state index contributed by atoms with van der Waals surface area (Å²) in [5.74, 6) is -0.0643. The lowest BCUT2D eigenvalue weighted by Gasteiger charge is -2.13. The molecule has 4 aromatic rings. The molecule has 0 aliphatic heterocycles. The van der Waals surface area contributed by atoms with Gasteiger partial charge < -0.3 is 5.32 Å². The molecule has 0 fully saturated rings. The van der Waals surface area contributed by atoms with Crippen LogP contribution in [0.2, 0.25) is 5.02 Å². The third kappa shape index (κ3) is 5.61. The fraction of sp³-hybridized carbons (Fsp3) is 0.0741. The molecule has 4 nitrogen and oxygen atoms in total. The van der Waals surface area contributed by atoms with E-state index in [9.17, 15) is 10.1 Å². The number of hydrogen-bond acceptors (Lipinski definition) is 4. The highest BCUT2D eigenvalue weighted by Gasteiger charge is 2.17. The van der Waals surface area contributed by atoms with Crippen LogP contribution in [0.3, 0.4) is 0 Å². The summed E-state index contributed by atoms with van der Waals surface area (Å²) >= 11 is 7.16. The second-order valence-electron chi connectivity index (χ2n) is 7.42. The number of rotatable bonds is 6. The van der Waals surface area contributed by atoms with Crippen LogP contribution in [-0.4, -0.2) is 16.6 Å². The SMILES string of the molecule is Cc1ccc(-c2cc(-c3ccccc3)c(C#N)c(SCC(=O)Nc3ccc(Cl)cc3)n2)cc1. The average Bonchev–Trinajstić information content (AvgIpc) is 2.84. The number of carbonyl (C=O) groups excluding carboxylic acids is 1. The van der Waals surface area contributed by atoms with Gasteiger partial charge in [-0.2, -0.15) is 5.26 Å². The van der Waals surface area contributed by atoms with Gasteiger partial charge in [-0.05, 0) is 42.8 Å². The summed E-state index contributed by atoms with van der Waals surface area (Å²) < 4.78 is 0. The molecule has 0 saturated carbocycles. The van der Waals surface area contributed by atoms with Gasteiger partial charge in [0.25, 0.3) is 0 Å². The molecule has 0 bridgehead atoms. The van der Waals surface area contributed by atoms with Crippen LogP contribution >= 0.6 is 23.4 Å². The first-order valence-electron chi connectivity index (χ1n) is 10.3. The number of nitriles is 1. The molecule has 6 heteroatoms. The maximum Gasteiger partial charge on any atom is 0.234 e. The molecule has 1 heterocycles. The molecule has 4 rings (SSSR count). The smallest absolute Gasteiger partial charge is 0.234 e. The van der Waals surface area contributed by atoms with Gasteiger partial charge in [-0.1, -0.05) is 83.5 Å². The van der Waals surface area contributed by atoms with Gasteiger partial charge in [-0.15, -0.1) is 0 Å². The van der Waals surface area contributed by atoms with E-state index in [-0.39, 0.29) is 11.7 Å². The van der Waals surface area contributed by atoms with Crippen LogP contribution in [0.15, 0.2) is 90.0 Å². The number of aryl methyl sites for hydroxylation is 1. The number of hydrogen-bond donors (Lipinski definition) is 1. The first-order chi connectivity index (χ1) is 16.0. The van der Waals surface area contributed by atoms with Crippen molar-refractivity contribution in [3.05, 3.63) is 101 Å². The first kappa shape index (κ1) is 22.6. The van der Waals surface area contributed by atoms with E-state index in [2.05, 4.69) is 11.4 Å². The van der Waals surface area contributed by atoms with Crippen molar-refractivity contribution in [3.8, 4) is 28.5 Å². The molecule has 0 radical (unpaired) electrons. The molecular formula is C27H20ClN3OS. The third-order valence-electron chi connectivity index (χ3n) is 5.00. The van der Waals surface area contributed by atoms with Crippen LogP contribution in [-0.2, 0) is 4.79 Å². The number of thioether (sulfide) groups is 1. The Kier molecular flexibility index (Phi) is 7.09. The van der Waals surface area contributed by atoms with Crippen LogP contribution in [0.25, 0.3) is 22.4 Å². The zero-order valence-electron chi connectivity index (χ0n) is 17.9. The normalized spacial score (nSPS) is 10.5. The van der Waals surface area contributed by atoms with Crippen LogP contribution in [0, 0.1) is 18.3 Å². The third-order valence-corrected chi connectivity index (χ3v) is 6.23. The summed E-state index contributed by atoms with van der Waals surface area (Å²) in [6, 6.07) is 29.0. The minimum absolute atomic E-state index is 0.121. The predicted molar refractivity (Wildman–Crippen MR) is 135 cm³/mol. The number of halogens is 1. The molecule has 0 aliphatic rings. The van der Waals surface area contributed by atoms with E-state index < -0.39 is 0 Å². The number of nitrogens with zero attached hydrogens (tertiary/aromatic N) is 2. The van der Waals surface area contributed by atoms with Gasteiger partial charge >= 0.3 is 0 Å². The Morgan fingerprint density at radius 1 is 1.00 bits per heavy atom. The fourth-order valence-corrected chi connectivity index (χ4v) is 4.24. The Balaban J connectivity index is 1.67. The minimum Gasteiger partial charge on any atom is -0.325 e. The van der Waals surface area contributed by atoms with Crippen molar-refractivity contribution >= 4 is 35.0 Å². The van der Waals surface area contributed by atoms with Crippen molar-refractivity contribution < 1.29 is 4.79 Å². The number of benzene rings is 3. The van der Waals surface area contributed by atoms with Crippen LogP contribution in [0.4, 0.5) is 5.69 Å². The van der Waals surface area contributed by atoms with Gasteiger partial charge in [0, 0.05) is 21.8 Å². The summed E-state index contributed by atoms with van der Waals surface area (Å²) in [5, 5.41) is 13.9. The lowest BCUT2D eigenvalue weighted by atomic mass is 9.99. The second-order valence-corrected chi connectivity index (χ2v) is 8.82. The van der Waals surface area contributed by atoms with E-state index in [1.807, 2.05) is 67.6 Å². The fourth-order valence-electron chi connectivity index (χ4n) is 3.32. The molecule has 33 heavy (non-hydrogen) atoms. The number of nitrogens with one attached hydrogen (secondary N) is 1. The Hall–Kier alpha value is -3.59. The second kappa shape index (κ2) is 10.4. The van der Waals surface area contributed by atoms with Crippen molar-refractivity contribution in [2.75, 3.05) is 11.1 Å². The Bertz CT molecular complexity index is 1310. The van der Waals surface area contributed by atoms with Crippen molar-refractivity contribution in [3.63, 3.8) is 0 Å². The van der Waals surface area contributed by atoms with Crippen LogP contribution in [0.1, 0.15) is 11.1 Å². The molecule has 1 aromatic heterocycles. The summed E-state index contributed by atoms with van der Waals surface area (Å²) in [5.41, 5.74) is 5.71. The summed E-state index contributed by atoms with van der Waals surface area (Å²) in [6.07, 6.45) is 0. The van der Waals surface area contributed by atoms with E-state index in [1.54, 1.807) is 24.3 Å². The van der Waals surface area contributed by atoms with E-state index in [4.69, 9.17) is 16.6 Å². The van der Waals surface area contributed by atoms with E-state index in [0.29, 0.717) is 21.3 Å². The molecule has 0 aliphatic carbocycles. The standard InChI is InChI=1S/C27H20ClN3OS/c1-18-7-9-20(10-8-18)25-15-23(19-5-3-2-4-6-19)24(16-29)27(31-25)33-17-26(32)30-22-13-11-21(28)12-14-22/h2-15H,17H2,1H3,(H,30,32). The lowest BCUT2D eigenvalue weighted by molar-refractivity contribution is -0.113. The molecule has 0 unspecified atom stereocenters. The van der Waals surface area contributed by atoms with Crippen molar-refractivity contribution in [1.29, 1.82) is 5.26 Å². The van der Waals surface area contributed by atoms with E-state index >= 15 is 0 Å². The quantitative estimate of drug-likeness (QED) is 0.309. The van der Waals surface area contributed by atoms with Gasteiger partial charge in [0.2, 0.25) is 5.91 Å². The number of amides is 1. The van der Waals surface area contributed by atoms with Gasteiger partial charge in [-0.3, -0.25) is 4.79 Å².